The van der Waals surface area contributed by atoms with Gasteiger partial charge < -0.3 is 29.4 Å². The number of hydrogen-bond acceptors (Lipinski definition) is 9. The van der Waals surface area contributed by atoms with Crippen LogP contribution in [0.5, 0.6) is 5.75 Å². The SMILES string of the molecule is CCc1cc(O)c(F)cc1-c1ccc2c(-c3nc4c([nH]3)CN(C(=O)c3cnc(N(CCOC)CCOC)cn3)CC4)n[nH]c2c1. The Balaban J connectivity index is 1.19. The van der Waals surface area contributed by atoms with Crippen LogP contribution in [0.3, 0.4) is 0 Å². The minimum Gasteiger partial charge on any atom is -0.505 e. The number of benzene rings is 2. The third kappa shape index (κ3) is 6.08. The van der Waals surface area contributed by atoms with Crippen molar-refractivity contribution < 1.29 is 23.8 Å². The molecular weight excluding hydrogens is 579 g/mol. The summed E-state index contributed by atoms with van der Waals surface area (Å²) in [6, 6.07) is 8.59. The van der Waals surface area contributed by atoms with Gasteiger partial charge >= 0.3 is 0 Å². The summed E-state index contributed by atoms with van der Waals surface area (Å²) in [4.78, 5) is 34.2. The maximum atomic E-state index is 14.2. The van der Waals surface area contributed by atoms with E-state index in [-0.39, 0.29) is 17.4 Å². The number of methoxy groups -OCH3 is 2. The van der Waals surface area contributed by atoms with Crippen LogP contribution >= 0.6 is 0 Å². The normalized spacial score (nSPS) is 12.9. The topological polar surface area (TPSA) is 145 Å². The minimum atomic E-state index is -0.659. The maximum Gasteiger partial charge on any atom is 0.274 e. The highest BCUT2D eigenvalue weighted by Crippen LogP contribution is 2.34. The molecule has 45 heavy (non-hydrogen) atoms. The molecule has 3 aromatic heterocycles. The molecular formula is C32H35FN8O4. The lowest BCUT2D eigenvalue weighted by Gasteiger charge is -2.26. The van der Waals surface area contributed by atoms with Gasteiger partial charge in [0.2, 0.25) is 0 Å². The summed E-state index contributed by atoms with van der Waals surface area (Å²) in [5, 5.41) is 18.3. The number of phenols is 1. The third-order valence-electron chi connectivity index (χ3n) is 8.08. The Hall–Kier alpha value is -4.88. The standard InChI is InChI=1S/C32H35FN8O4/c1-4-19-14-28(42)23(33)15-22(19)20-5-6-21-25(13-20)38-39-30(21)31-36-24-7-8-41(18-27(24)37-31)32(43)26-16-35-29(17-34-26)40(9-11-44-2)10-12-45-3/h5-6,13-17,42H,4,7-12,18H2,1-3H3,(H,36,37)(H,38,39). The zero-order valence-electron chi connectivity index (χ0n) is 25.4. The lowest BCUT2D eigenvalue weighted by molar-refractivity contribution is 0.0725. The number of aryl methyl sites for hydroxylation is 1. The minimum absolute atomic E-state index is 0.203. The number of carbonyl (C=O) groups excluding carboxylic acids is 1. The van der Waals surface area contributed by atoms with Crippen molar-refractivity contribution in [3.63, 3.8) is 0 Å². The number of anilines is 1. The molecule has 6 rings (SSSR count). The van der Waals surface area contributed by atoms with Gasteiger partial charge in [-0.3, -0.25) is 9.89 Å². The molecule has 1 aliphatic rings. The van der Waals surface area contributed by atoms with Crippen LogP contribution < -0.4 is 4.90 Å². The van der Waals surface area contributed by atoms with E-state index in [4.69, 9.17) is 14.5 Å². The summed E-state index contributed by atoms with van der Waals surface area (Å²) in [6.45, 7) is 5.14. The molecule has 0 unspecified atom stereocenters. The number of halogens is 1. The van der Waals surface area contributed by atoms with Gasteiger partial charge in [-0.25, -0.2) is 19.3 Å². The largest absolute Gasteiger partial charge is 0.505 e. The smallest absolute Gasteiger partial charge is 0.274 e. The molecule has 0 saturated carbocycles. The van der Waals surface area contributed by atoms with E-state index in [2.05, 4.69) is 25.1 Å². The van der Waals surface area contributed by atoms with E-state index in [1.165, 1.54) is 18.3 Å². The van der Waals surface area contributed by atoms with Crippen LogP contribution in [0.15, 0.2) is 42.7 Å². The zero-order chi connectivity index (χ0) is 31.5. The zero-order valence-corrected chi connectivity index (χ0v) is 25.4. The van der Waals surface area contributed by atoms with Gasteiger partial charge in [0.05, 0.1) is 49.1 Å². The average Bonchev–Trinajstić information content (AvgIpc) is 3.69. The van der Waals surface area contributed by atoms with Gasteiger partial charge in [-0.2, -0.15) is 5.10 Å². The van der Waals surface area contributed by atoms with Crippen molar-refractivity contribution >= 4 is 22.6 Å². The van der Waals surface area contributed by atoms with Crippen molar-refractivity contribution in [2.24, 2.45) is 0 Å². The van der Waals surface area contributed by atoms with Gasteiger partial charge in [-0.15, -0.1) is 0 Å². The second-order valence-corrected chi connectivity index (χ2v) is 10.9. The van der Waals surface area contributed by atoms with Crippen molar-refractivity contribution in [3.8, 4) is 28.4 Å². The molecule has 5 aromatic rings. The number of aromatic nitrogens is 6. The number of hydrogen-bond donors (Lipinski definition) is 3. The Morgan fingerprint density at radius 3 is 2.62 bits per heavy atom. The molecule has 0 spiro atoms. The first kappa shape index (κ1) is 30.2. The Labute approximate surface area is 259 Å². The first-order valence-corrected chi connectivity index (χ1v) is 14.8. The summed E-state index contributed by atoms with van der Waals surface area (Å²) in [5.74, 6) is 0.0415. The molecule has 1 amide bonds. The van der Waals surface area contributed by atoms with Gasteiger partial charge in [-0.05, 0) is 47.4 Å². The number of aromatic hydroxyl groups is 1. The predicted octanol–water partition coefficient (Wildman–Crippen LogP) is 4.11. The molecule has 3 N–H and O–H groups in total. The van der Waals surface area contributed by atoms with Crippen molar-refractivity contribution in [2.45, 2.75) is 26.3 Å². The number of nitrogens with one attached hydrogen (secondary N) is 2. The molecule has 12 nitrogen and oxygen atoms in total. The van der Waals surface area contributed by atoms with Crippen LogP contribution in [-0.4, -0.2) is 93.1 Å². The quantitative estimate of drug-likeness (QED) is 0.200. The molecule has 0 radical (unpaired) electrons. The highest BCUT2D eigenvalue weighted by atomic mass is 19.1. The highest BCUT2D eigenvalue weighted by Gasteiger charge is 2.27. The predicted molar refractivity (Wildman–Crippen MR) is 167 cm³/mol. The summed E-state index contributed by atoms with van der Waals surface area (Å²) in [6.07, 6.45) is 4.35. The number of aromatic amines is 2. The van der Waals surface area contributed by atoms with Crippen LogP contribution in [0, 0.1) is 5.82 Å². The second-order valence-electron chi connectivity index (χ2n) is 10.9. The van der Waals surface area contributed by atoms with E-state index in [1.807, 2.05) is 30.0 Å². The number of nitrogens with zero attached hydrogens (tertiary/aromatic N) is 6. The third-order valence-corrected chi connectivity index (χ3v) is 8.08. The fraction of sp³-hybridized carbons (Fsp3) is 0.344. The lowest BCUT2D eigenvalue weighted by Crippen LogP contribution is -2.36. The molecule has 234 valence electrons. The van der Waals surface area contributed by atoms with Gasteiger partial charge in [0.25, 0.3) is 5.91 Å². The fourth-order valence-electron chi connectivity index (χ4n) is 5.61. The van der Waals surface area contributed by atoms with Crippen molar-refractivity contribution in [2.75, 3.05) is 52.0 Å². The van der Waals surface area contributed by atoms with E-state index in [0.717, 1.165) is 39.0 Å². The van der Waals surface area contributed by atoms with Crippen LogP contribution in [0.1, 0.15) is 34.4 Å². The number of rotatable bonds is 11. The van der Waals surface area contributed by atoms with E-state index in [9.17, 15) is 14.3 Å². The Morgan fingerprint density at radius 1 is 1.11 bits per heavy atom. The van der Waals surface area contributed by atoms with Crippen LogP contribution in [0.25, 0.3) is 33.5 Å². The highest BCUT2D eigenvalue weighted by molar-refractivity contribution is 5.94. The van der Waals surface area contributed by atoms with E-state index in [1.54, 1.807) is 25.3 Å². The molecule has 2 aromatic carbocycles. The lowest BCUT2D eigenvalue weighted by atomic mass is 9.96. The van der Waals surface area contributed by atoms with Crippen LogP contribution in [0.2, 0.25) is 0 Å². The first-order chi connectivity index (χ1) is 21.9. The molecule has 0 bridgehead atoms. The van der Waals surface area contributed by atoms with Gasteiger partial charge in [-0.1, -0.05) is 13.0 Å². The van der Waals surface area contributed by atoms with Crippen molar-refractivity contribution in [1.29, 1.82) is 0 Å². The summed E-state index contributed by atoms with van der Waals surface area (Å²) < 4.78 is 24.6. The number of fused-ring (bicyclic) bond motifs is 2. The molecule has 0 aliphatic carbocycles. The second kappa shape index (κ2) is 13.0. The molecule has 0 atom stereocenters. The van der Waals surface area contributed by atoms with E-state index in [0.29, 0.717) is 69.6 Å². The van der Waals surface area contributed by atoms with Gasteiger partial charge in [0.1, 0.15) is 17.2 Å². The molecule has 4 heterocycles. The first-order valence-electron chi connectivity index (χ1n) is 14.8. The fourth-order valence-corrected chi connectivity index (χ4v) is 5.61. The summed E-state index contributed by atoms with van der Waals surface area (Å²) in [5.41, 5.74) is 5.82. The van der Waals surface area contributed by atoms with Crippen LogP contribution in [0.4, 0.5) is 10.2 Å². The Bertz CT molecular complexity index is 1810. The number of imidazole rings is 1. The van der Waals surface area contributed by atoms with E-state index < -0.39 is 5.82 Å². The average molecular weight is 615 g/mol. The Kier molecular flexibility index (Phi) is 8.71. The number of amides is 1. The van der Waals surface area contributed by atoms with Crippen molar-refractivity contribution in [1.82, 2.24) is 35.0 Å². The maximum absolute atomic E-state index is 14.2. The van der Waals surface area contributed by atoms with Gasteiger partial charge in [0, 0.05) is 45.7 Å². The molecule has 0 fully saturated rings. The molecule has 13 heteroatoms. The number of carbonyl (C=O) groups is 1. The van der Waals surface area contributed by atoms with Gasteiger partial charge in [0.15, 0.2) is 17.4 Å². The summed E-state index contributed by atoms with van der Waals surface area (Å²) >= 11 is 0. The number of H-pyrrole nitrogens is 2. The number of phenolic OH excluding ortho intramolecular Hbond substituents is 1. The summed E-state index contributed by atoms with van der Waals surface area (Å²) in [7, 11) is 3.29. The van der Waals surface area contributed by atoms with E-state index >= 15 is 0 Å². The number of ether oxygens (including phenoxy) is 2. The Morgan fingerprint density at radius 2 is 1.91 bits per heavy atom. The molecule has 1 aliphatic heterocycles. The van der Waals surface area contributed by atoms with Crippen LogP contribution in [-0.2, 0) is 28.9 Å². The molecule has 0 saturated heterocycles. The monoisotopic (exact) mass is 614 g/mol. The van der Waals surface area contributed by atoms with Crippen molar-refractivity contribution in [3.05, 3.63) is 71.2 Å².